The van der Waals surface area contributed by atoms with Gasteiger partial charge in [0.15, 0.2) is 4.32 Å². The molecular weight excluding hydrogens is 420 g/mol. The van der Waals surface area contributed by atoms with Crippen molar-refractivity contribution in [2.75, 3.05) is 0 Å². The number of hydrogen-bond donors (Lipinski definition) is 0. The molecule has 2 heterocycles. The Labute approximate surface area is 183 Å². The van der Waals surface area contributed by atoms with Crippen molar-refractivity contribution in [3.63, 3.8) is 0 Å². The van der Waals surface area contributed by atoms with Gasteiger partial charge in [0.1, 0.15) is 12.4 Å². The first-order valence-corrected chi connectivity index (χ1v) is 10.7. The van der Waals surface area contributed by atoms with E-state index in [0.29, 0.717) is 23.7 Å². The number of carbonyl (C=O) groups is 3. The van der Waals surface area contributed by atoms with E-state index in [1.54, 1.807) is 6.08 Å². The standard InChI is InChI=1S/C22H18N2O4S2/c25-19-7-4-8-20(26)23(19)24-21(27)18(30-22(24)29)13-15-9-11-17(12-10-15)28-14-16-5-2-1-3-6-16/h1-3,5-6,9-13H,4,7-8,14H2/b18-13-. The van der Waals surface area contributed by atoms with Crippen LogP contribution < -0.4 is 4.74 Å². The average Bonchev–Trinajstić information content (AvgIpc) is 3.02. The predicted molar refractivity (Wildman–Crippen MR) is 118 cm³/mol. The third-order valence-electron chi connectivity index (χ3n) is 4.65. The fourth-order valence-corrected chi connectivity index (χ4v) is 4.39. The number of imide groups is 1. The number of thiocarbonyl (C=S) groups is 1. The molecule has 0 aliphatic carbocycles. The summed E-state index contributed by atoms with van der Waals surface area (Å²) < 4.78 is 5.95. The molecule has 0 atom stereocenters. The molecule has 2 aromatic rings. The molecule has 3 amide bonds. The van der Waals surface area contributed by atoms with Gasteiger partial charge in [-0.1, -0.05) is 54.2 Å². The zero-order valence-electron chi connectivity index (χ0n) is 15.9. The van der Waals surface area contributed by atoms with Gasteiger partial charge in [0.2, 0.25) is 11.8 Å². The van der Waals surface area contributed by atoms with Crippen molar-refractivity contribution in [2.24, 2.45) is 0 Å². The number of carbonyl (C=O) groups excluding carboxylic acids is 3. The number of nitrogens with zero attached hydrogens (tertiary/aromatic N) is 2. The number of benzene rings is 2. The summed E-state index contributed by atoms with van der Waals surface area (Å²) in [6.45, 7) is 0.469. The van der Waals surface area contributed by atoms with Gasteiger partial charge < -0.3 is 4.74 Å². The lowest BCUT2D eigenvalue weighted by atomic mass is 10.1. The third-order valence-corrected chi connectivity index (χ3v) is 5.94. The second kappa shape index (κ2) is 8.81. The highest BCUT2D eigenvalue weighted by molar-refractivity contribution is 8.26. The maximum absolute atomic E-state index is 12.8. The quantitative estimate of drug-likeness (QED) is 0.400. The largest absolute Gasteiger partial charge is 0.489 e. The molecule has 30 heavy (non-hydrogen) atoms. The number of hydrazine groups is 1. The van der Waals surface area contributed by atoms with Crippen LogP contribution in [0.4, 0.5) is 0 Å². The molecule has 0 N–H and O–H groups in total. The van der Waals surface area contributed by atoms with E-state index in [9.17, 15) is 14.4 Å². The second-order valence-corrected chi connectivity index (χ2v) is 8.47. The van der Waals surface area contributed by atoms with Gasteiger partial charge in [-0.05, 0) is 48.0 Å². The van der Waals surface area contributed by atoms with E-state index in [1.165, 1.54) is 0 Å². The molecule has 2 aliphatic heterocycles. The van der Waals surface area contributed by atoms with Crippen molar-refractivity contribution < 1.29 is 19.1 Å². The molecule has 4 rings (SSSR count). The number of piperidine rings is 1. The molecule has 0 aromatic heterocycles. The average molecular weight is 439 g/mol. The third kappa shape index (κ3) is 4.29. The van der Waals surface area contributed by atoms with E-state index in [4.69, 9.17) is 17.0 Å². The lowest BCUT2D eigenvalue weighted by molar-refractivity contribution is -0.166. The van der Waals surface area contributed by atoms with Crippen LogP contribution in [-0.4, -0.2) is 32.1 Å². The predicted octanol–water partition coefficient (Wildman–Crippen LogP) is 3.92. The summed E-state index contributed by atoms with van der Waals surface area (Å²) >= 11 is 6.34. The van der Waals surface area contributed by atoms with Gasteiger partial charge >= 0.3 is 0 Å². The van der Waals surface area contributed by atoms with Gasteiger partial charge in [-0.2, -0.15) is 10.0 Å². The van der Waals surface area contributed by atoms with Crippen LogP contribution in [0.5, 0.6) is 5.75 Å². The van der Waals surface area contributed by atoms with Crippen molar-refractivity contribution in [3.8, 4) is 5.75 Å². The summed E-state index contributed by atoms with van der Waals surface area (Å²) in [6, 6.07) is 17.2. The van der Waals surface area contributed by atoms with Crippen molar-refractivity contribution in [2.45, 2.75) is 25.9 Å². The van der Waals surface area contributed by atoms with Crippen molar-refractivity contribution >= 4 is 52.1 Å². The Morgan fingerprint density at radius 2 is 1.60 bits per heavy atom. The lowest BCUT2D eigenvalue weighted by Crippen LogP contribution is -2.53. The number of ether oxygens (including phenoxy) is 1. The molecule has 152 valence electrons. The molecule has 2 saturated heterocycles. The summed E-state index contributed by atoms with van der Waals surface area (Å²) in [6.07, 6.45) is 2.65. The summed E-state index contributed by atoms with van der Waals surface area (Å²) in [7, 11) is 0. The van der Waals surface area contributed by atoms with E-state index < -0.39 is 17.7 Å². The normalized spacial score (nSPS) is 18.5. The molecule has 0 bridgehead atoms. The van der Waals surface area contributed by atoms with Crippen LogP contribution in [0.2, 0.25) is 0 Å². The van der Waals surface area contributed by atoms with Gasteiger partial charge in [-0.15, -0.1) is 0 Å². The molecule has 2 aliphatic rings. The van der Waals surface area contributed by atoms with E-state index in [1.807, 2.05) is 54.6 Å². The highest BCUT2D eigenvalue weighted by Crippen LogP contribution is 2.35. The summed E-state index contributed by atoms with van der Waals surface area (Å²) in [5, 5.41) is 1.91. The highest BCUT2D eigenvalue weighted by atomic mass is 32.2. The smallest absolute Gasteiger partial charge is 0.285 e. The maximum Gasteiger partial charge on any atom is 0.285 e. The van der Waals surface area contributed by atoms with Crippen LogP contribution in [0, 0.1) is 0 Å². The van der Waals surface area contributed by atoms with Crippen molar-refractivity contribution in [1.82, 2.24) is 10.0 Å². The molecular formula is C22H18N2O4S2. The van der Waals surface area contributed by atoms with Gasteiger partial charge in [-0.3, -0.25) is 14.4 Å². The fraction of sp³-hybridized carbons (Fsp3) is 0.182. The Balaban J connectivity index is 1.45. The SMILES string of the molecule is O=C1CCCC(=O)N1N1C(=O)/C(=C/c2ccc(OCc3ccccc3)cc2)SC1=S. The van der Waals surface area contributed by atoms with Crippen LogP contribution in [0.3, 0.4) is 0 Å². The van der Waals surface area contributed by atoms with E-state index >= 15 is 0 Å². The first-order valence-electron chi connectivity index (χ1n) is 9.43. The van der Waals surface area contributed by atoms with Gasteiger partial charge in [0.05, 0.1) is 4.91 Å². The minimum atomic E-state index is -0.460. The lowest BCUT2D eigenvalue weighted by Gasteiger charge is -2.31. The van der Waals surface area contributed by atoms with E-state index in [-0.39, 0.29) is 17.2 Å². The van der Waals surface area contributed by atoms with Crippen molar-refractivity contribution in [1.29, 1.82) is 0 Å². The maximum atomic E-state index is 12.8. The second-order valence-electron chi connectivity index (χ2n) is 6.79. The Hall–Kier alpha value is -2.97. The Kier molecular flexibility index (Phi) is 5.96. The molecule has 2 fully saturated rings. The Bertz CT molecular complexity index is 1020. The number of amides is 3. The number of hydrogen-bond acceptors (Lipinski definition) is 6. The van der Waals surface area contributed by atoms with Crippen LogP contribution in [0.15, 0.2) is 59.5 Å². The van der Waals surface area contributed by atoms with Gasteiger partial charge in [-0.25, -0.2) is 0 Å². The monoisotopic (exact) mass is 438 g/mol. The topological polar surface area (TPSA) is 66.9 Å². The summed E-state index contributed by atoms with van der Waals surface area (Å²) in [5.74, 6) is -0.543. The zero-order valence-corrected chi connectivity index (χ0v) is 17.6. The zero-order chi connectivity index (χ0) is 21.1. The molecule has 0 radical (unpaired) electrons. The number of thioether (sulfide) groups is 1. The minimum Gasteiger partial charge on any atom is -0.489 e. The molecule has 0 unspecified atom stereocenters. The van der Waals surface area contributed by atoms with E-state index in [0.717, 1.165) is 32.9 Å². The summed E-state index contributed by atoms with van der Waals surface area (Å²) in [4.78, 5) is 37.5. The van der Waals surface area contributed by atoms with Crippen LogP contribution in [-0.2, 0) is 21.0 Å². The minimum absolute atomic E-state index is 0.178. The van der Waals surface area contributed by atoms with Crippen LogP contribution in [0.1, 0.15) is 30.4 Å². The molecule has 8 heteroatoms. The molecule has 0 spiro atoms. The van der Waals surface area contributed by atoms with Crippen molar-refractivity contribution in [3.05, 3.63) is 70.6 Å². The first-order chi connectivity index (χ1) is 14.5. The molecule has 0 saturated carbocycles. The Morgan fingerprint density at radius 3 is 2.27 bits per heavy atom. The van der Waals surface area contributed by atoms with Crippen LogP contribution in [0.25, 0.3) is 6.08 Å². The first kappa shape index (κ1) is 20.3. The molecule has 2 aromatic carbocycles. The van der Waals surface area contributed by atoms with Gasteiger partial charge in [0, 0.05) is 12.8 Å². The number of rotatable bonds is 5. The van der Waals surface area contributed by atoms with E-state index in [2.05, 4.69) is 0 Å². The summed E-state index contributed by atoms with van der Waals surface area (Å²) in [5.41, 5.74) is 1.87. The fourth-order valence-electron chi connectivity index (χ4n) is 3.15. The Morgan fingerprint density at radius 1 is 0.933 bits per heavy atom. The molecule has 6 nitrogen and oxygen atoms in total. The van der Waals surface area contributed by atoms with Gasteiger partial charge in [0.25, 0.3) is 5.91 Å². The highest BCUT2D eigenvalue weighted by Gasteiger charge is 2.42. The van der Waals surface area contributed by atoms with Crippen LogP contribution >= 0.6 is 24.0 Å².